The van der Waals surface area contributed by atoms with Crippen LogP contribution in [0.5, 0.6) is 0 Å². The highest BCUT2D eigenvalue weighted by molar-refractivity contribution is 5.81. The Morgan fingerprint density at radius 2 is 2.38 bits per heavy atom. The quantitative estimate of drug-likeness (QED) is 0.766. The molecule has 5 nitrogen and oxygen atoms in total. The Labute approximate surface area is 92.5 Å². The summed E-state index contributed by atoms with van der Waals surface area (Å²) in [6.45, 7) is 1.84. The zero-order valence-electron chi connectivity index (χ0n) is 9.14. The summed E-state index contributed by atoms with van der Waals surface area (Å²) >= 11 is 0. The van der Waals surface area contributed by atoms with Crippen LogP contribution in [0, 0.1) is 6.92 Å². The molecule has 0 aliphatic carbocycles. The standard InChI is InChI=1S/C11H12N4O/c1-8-10(14-11(16)15(8)2)13-7-9-4-3-5-12-6-9/h3-7H,1-2H3,(H,14,16). The highest BCUT2D eigenvalue weighted by atomic mass is 16.1. The lowest BCUT2D eigenvalue weighted by Crippen LogP contribution is -2.12. The van der Waals surface area contributed by atoms with Crippen molar-refractivity contribution < 1.29 is 0 Å². The van der Waals surface area contributed by atoms with Gasteiger partial charge in [0.2, 0.25) is 0 Å². The largest absolute Gasteiger partial charge is 0.327 e. The van der Waals surface area contributed by atoms with E-state index in [9.17, 15) is 4.79 Å². The molecule has 0 fully saturated rings. The van der Waals surface area contributed by atoms with Gasteiger partial charge in [-0.1, -0.05) is 6.07 Å². The van der Waals surface area contributed by atoms with Crippen LogP contribution < -0.4 is 5.69 Å². The lowest BCUT2D eigenvalue weighted by molar-refractivity contribution is 0.830. The second kappa shape index (κ2) is 4.14. The summed E-state index contributed by atoms with van der Waals surface area (Å²) < 4.78 is 1.52. The molecule has 0 aromatic carbocycles. The molecule has 0 aliphatic rings. The zero-order valence-corrected chi connectivity index (χ0v) is 9.14. The normalized spacial score (nSPS) is 11.1. The Morgan fingerprint density at radius 1 is 1.56 bits per heavy atom. The van der Waals surface area contributed by atoms with Gasteiger partial charge in [-0.3, -0.25) is 14.5 Å². The van der Waals surface area contributed by atoms with E-state index in [1.807, 2.05) is 19.1 Å². The molecular formula is C11H12N4O. The molecule has 2 heterocycles. The number of H-pyrrole nitrogens is 1. The van der Waals surface area contributed by atoms with Gasteiger partial charge < -0.3 is 0 Å². The van der Waals surface area contributed by atoms with Gasteiger partial charge in [0.1, 0.15) is 0 Å². The average Bonchev–Trinajstić information content (AvgIpc) is 2.56. The molecule has 2 aromatic heterocycles. The Morgan fingerprint density at radius 3 is 2.94 bits per heavy atom. The Bertz CT molecular complexity index is 565. The van der Waals surface area contributed by atoms with Crippen molar-refractivity contribution in [3.05, 3.63) is 46.3 Å². The first-order chi connectivity index (χ1) is 7.68. The number of aromatic amines is 1. The summed E-state index contributed by atoms with van der Waals surface area (Å²) in [4.78, 5) is 22.2. The molecule has 0 unspecified atom stereocenters. The third kappa shape index (κ3) is 1.93. The average molecular weight is 216 g/mol. The number of hydrogen-bond acceptors (Lipinski definition) is 3. The zero-order chi connectivity index (χ0) is 11.5. The minimum absolute atomic E-state index is 0.157. The fourth-order valence-electron chi connectivity index (χ4n) is 1.30. The summed E-state index contributed by atoms with van der Waals surface area (Å²) in [5.74, 6) is 0.580. The summed E-state index contributed by atoms with van der Waals surface area (Å²) in [7, 11) is 1.71. The van der Waals surface area contributed by atoms with E-state index in [2.05, 4.69) is 15.0 Å². The molecule has 0 saturated heterocycles. The van der Waals surface area contributed by atoms with Gasteiger partial charge in [0.15, 0.2) is 5.82 Å². The van der Waals surface area contributed by atoms with Crippen molar-refractivity contribution >= 4 is 12.0 Å². The van der Waals surface area contributed by atoms with Crippen LogP contribution in [0.4, 0.5) is 5.82 Å². The second-order valence-corrected chi connectivity index (χ2v) is 3.47. The van der Waals surface area contributed by atoms with Crippen LogP contribution in [0.3, 0.4) is 0 Å². The molecule has 2 rings (SSSR count). The van der Waals surface area contributed by atoms with Crippen LogP contribution in [-0.2, 0) is 7.05 Å². The maximum Gasteiger partial charge on any atom is 0.327 e. The number of imidazole rings is 1. The summed E-state index contributed by atoms with van der Waals surface area (Å²) in [5, 5.41) is 0. The van der Waals surface area contributed by atoms with Crippen LogP contribution in [0.1, 0.15) is 11.3 Å². The van der Waals surface area contributed by atoms with Crippen LogP contribution in [0.25, 0.3) is 0 Å². The SMILES string of the molecule is Cc1c(N=Cc2cccnc2)[nH]c(=O)n1C. The van der Waals surface area contributed by atoms with Gasteiger partial charge in [0.25, 0.3) is 0 Å². The first-order valence-electron chi connectivity index (χ1n) is 4.88. The first-order valence-corrected chi connectivity index (χ1v) is 4.88. The maximum atomic E-state index is 11.3. The van der Waals surface area contributed by atoms with E-state index < -0.39 is 0 Å². The van der Waals surface area contributed by atoms with Crippen molar-refractivity contribution in [3.8, 4) is 0 Å². The predicted octanol–water partition coefficient (Wildman–Crippen LogP) is 1.17. The molecule has 16 heavy (non-hydrogen) atoms. The highest BCUT2D eigenvalue weighted by Gasteiger charge is 2.03. The van der Waals surface area contributed by atoms with Crippen molar-refractivity contribution in [2.75, 3.05) is 0 Å². The van der Waals surface area contributed by atoms with E-state index in [0.717, 1.165) is 11.3 Å². The number of aromatic nitrogens is 3. The fraction of sp³-hybridized carbons (Fsp3) is 0.182. The van der Waals surface area contributed by atoms with Gasteiger partial charge in [-0.15, -0.1) is 0 Å². The third-order valence-corrected chi connectivity index (χ3v) is 2.40. The van der Waals surface area contributed by atoms with E-state index in [4.69, 9.17) is 0 Å². The van der Waals surface area contributed by atoms with E-state index in [0.29, 0.717) is 5.82 Å². The summed E-state index contributed by atoms with van der Waals surface area (Å²) in [6.07, 6.45) is 5.08. The van der Waals surface area contributed by atoms with Gasteiger partial charge >= 0.3 is 5.69 Å². The smallest absolute Gasteiger partial charge is 0.298 e. The van der Waals surface area contributed by atoms with Crippen LogP contribution in [-0.4, -0.2) is 20.7 Å². The summed E-state index contributed by atoms with van der Waals surface area (Å²) in [5.41, 5.74) is 1.55. The van der Waals surface area contributed by atoms with E-state index in [-0.39, 0.29) is 5.69 Å². The molecule has 82 valence electrons. The first kappa shape index (κ1) is 10.4. The van der Waals surface area contributed by atoms with Crippen LogP contribution >= 0.6 is 0 Å². The number of nitrogens with zero attached hydrogens (tertiary/aromatic N) is 3. The summed E-state index contributed by atoms with van der Waals surface area (Å²) in [6, 6.07) is 3.73. The number of aliphatic imine (C=N–C) groups is 1. The Hall–Kier alpha value is -2.17. The minimum Gasteiger partial charge on any atom is -0.298 e. The molecular weight excluding hydrogens is 204 g/mol. The topological polar surface area (TPSA) is 63.0 Å². The molecule has 1 N–H and O–H groups in total. The third-order valence-electron chi connectivity index (χ3n) is 2.40. The molecule has 0 radical (unpaired) electrons. The van der Waals surface area contributed by atoms with Gasteiger partial charge in [-0.25, -0.2) is 9.79 Å². The molecule has 0 aliphatic heterocycles. The van der Waals surface area contributed by atoms with E-state index in [1.165, 1.54) is 4.57 Å². The van der Waals surface area contributed by atoms with Crippen LogP contribution in [0.2, 0.25) is 0 Å². The maximum absolute atomic E-state index is 11.3. The van der Waals surface area contributed by atoms with Crippen LogP contribution in [0.15, 0.2) is 34.3 Å². The van der Waals surface area contributed by atoms with Crippen molar-refractivity contribution in [1.29, 1.82) is 0 Å². The minimum atomic E-state index is -0.157. The number of hydrogen-bond donors (Lipinski definition) is 1. The Balaban J connectivity index is 2.31. The molecule has 0 saturated carbocycles. The highest BCUT2D eigenvalue weighted by Crippen LogP contribution is 2.11. The van der Waals surface area contributed by atoms with Crippen molar-refractivity contribution in [1.82, 2.24) is 14.5 Å². The molecule has 0 atom stereocenters. The van der Waals surface area contributed by atoms with Crippen molar-refractivity contribution in [2.24, 2.45) is 12.0 Å². The van der Waals surface area contributed by atoms with Gasteiger partial charge in [0, 0.05) is 31.2 Å². The lowest BCUT2D eigenvalue weighted by atomic mass is 10.3. The predicted molar refractivity (Wildman–Crippen MR) is 62.3 cm³/mol. The lowest BCUT2D eigenvalue weighted by Gasteiger charge is -1.93. The number of nitrogens with one attached hydrogen (secondary N) is 1. The number of rotatable bonds is 2. The Kier molecular flexibility index (Phi) is 2.68. The van der Waals surface area contributed by atoms with Crippen molar-refractivity contribution in [2.45, 2.75) is 6.92 Å². The monoisotopic (exact) mass is 216 g/mol. The van der Waals surface area contributed by atoms with Gasteiger partial charge in [-0.2, -0.15) is 0 Å². The number of pyridine rings is 1. The molecule has 5 heteroatoms. The molecule has 0 amide bonds. The van der Waals surface area contributed by atoms with E-state index in [1.54, 1.807) is 25.7 Å². The molecule has 2 aromatic rings. The van der Waals surface area contributed by atoms with Gasteiger partial charge in [0.05, 0.1) is 5.69 Å². The fourth-order valence-corrected chi connectivity index (χ4v) is 1.30. The van der Waals surface area contributed by atoms with Gasteiger partial charge in [-0.05, 0) is 13.0 Å². The van der Waals surface area contributed by atoms with E-state index >= 15 is 0 Å². The molecule has 0 spiro atoms. The van der Waals surface area contributed by atoms with Crippen molar-refractivity contribution in [3.63, 3.8) is 0 Å². The second-order valence-electron chi connectivity index (χ2n) is 3.47. The molecule has 0 bridgehead atoms.